The predicted molar refractivity (Wildman–Crippen MR) is 113 cm³/mol. The highest BCUT2D eigenvalue weighted by Crippen LogP contribution is 2.20. The molecule has 0 aliphatic rings. The number of hydrogen-bond donors (Lipinski definition) is 3. The SMILES string of the molecule is C=C=C(N[C@@H](CCNCCOCCC)C(=O)O)N(C)Cc1csc(C(C)C)n1. The lowest BCUT2D eigenvalue weighted by molar-refractivity contribution is -0.139. The quantitative estimate of drug-likeness (QED) is 0.303. The number of hydrogen-bond acceptors (Lipinski definition) is 7. The third-order valence-electron chi connectivity index (χ3n) is 4.00. The van der Waals surface area contributed by atoms with Gasteiger partial charge in [0.05, 0.1) is 23.9 Å². The standard InChI is InChI=1S/C20H34N4O3S/c1-6-11-27-12-10-21-9-8-17(20(25)26)23-18(7-2)24(5)13-16-14-28-19(22-16)15(3)4/h14-15,17,21,23H,2,6,8-13H2,1,3-5H3,(H,25,26)/t17-/m0/s1. The minimum Gasteiger partial charge on any atom is -0.480 e. The molecular formula is C20H34N4O3S. The van der Waals surface area contributed by atoms with E-state index in [9.17, 15) is 9.90 Å². The van der Waals surface area contributed by atoms with Crippen molar-refractivity contribution in [1.82, 2.24) is 20.5 Å². The third kappa shape index (κ3) is 8.89. The van der Waals surface area contributed by atoms with Gasteiger partial charge in [-0.3, -0.25) is 0 Å². The number of ether oxygens (including phenoxy) is 1. The van der Waals surface area contributed by atoms with Crippen molar-refractivity contribution in [2.24, 2.45) is 0 Å². The summed E-state index contributed by atoms with van der Waals surface area (Å²) in [6.45, 7) is 13.2. The Balaban J connectivity index is 2.51. The maximum absolute atomic E-state index is 11.6. The summed E-state index contributed by atoms with van der Waals surface area (Å²) in [5.74, 6) is 0.0478. The van der Waals surface area contributed by atoms with E-state index in [0.717, 1.165) is 23.7 Å². The molecule has 0 aliphatic heterocycles. The Kier molecular flexibility index (Phi) is 11.5. The first kappa shape index (κ1) is 24.2. The van der Waals surface area contributed by atoms with Crippen molar-refractivity contribution < 1.29 is 14.6 Å². The van der Waals surface area contributed by atoms with Gasteiger partial charge in [-0.05, 0) is 19.4 Å². The molecule has 0 aromatic carbocycles. The zero-order chi connectivity index (χ0) is 20.9. The van der Waals surface area contributed by atoms with Gasteiger partial charge in [0.15, 0.2) is 0 Å². The minimum absolute atomic E-state index is 0.396. The van der Waals surface area contributed by atoms with E-state index in [1.54, 1.807) is 11.3 Å². The summed E-state index contributed by atoms with van der Waals surface area (Å²) >= 11 is 1.64. The smallest absolute Gasteiger partial charge is 0.326 e. The van der Waals surface area contributed by atoms with Gasteiger partial charge in [-0.15, -0.1) is 11.3 Å². The molecule has 0 saturated carbocycles. The third-order valence-corrected chi connectivity index (χ3v) is 5.20. The molecule has 0 saturated heterocycles. The lowest BCUT2D eigenvalue weighted by Gasteiger charge is -2.24. The van der Waals surface area contributed by atoms with Crippen LogP contribution in [0.4, 0.5) is 0 Å². The fourth-order valence-electron chi connectivity index (χ4n) is 2.46. The van der Waals surface area contributed by atoms with E-state index in [-0.39, 0.29) is 0 Å². The highest BCUT2D eigenvalue weighted by atomic mass is 32.1. The lowest BCUT2D eigenvalue weighted by Crippen LogP contribution is -2.42. The van der Waals surface area contributed by atoms with Crippen molar-refractivity contribution >= 4 is 17.3 Å². The van der Waals surface area contributed by atoms with E-state index < -0.39 is 12.0 Å². The van der Waals surface area contributed by atoms with Crippen molar-refractivity contribution in [2.75, 3.05) is 33.4 Å². The molecule has 1 aromatic heterocycles. The van der Waals surface area contributed by atoms with Crippen molar-refractivity contribution in [3.8, 4) is 0 Å². The Bertz CT molecular complexity index is 641. The molecule has 0 radical (unpaired) electrons. The van der Waals surface area contributed by atoms with Gasteiger partial charge < -0.3 is 25.4 Å². The predicted octanol–water partition coefficient (Wildman–Crippen LogP) is 2.77. The largest absolute Gasteiger partial charge is 0.480 e. The second kappa shape index (κ2) is 13.3. The first-order valence-corrected chi connectivity index (χ1v) is 10.6. The summed E-state index contributed by atoms with van der Waals surface area (Å²) < 4.78 is 5.40. The second-order valence-corrected chi connectivity index (χ2v) is 7.79. The summed E-state index contributed by atoms with van der Waals surface area (Å²) in [6, 6.07) is -0.725. The van der Waals surface area contributed by atoms with Gasteiger partial charge in [-0.2, -0.15) is 0 Å². The van der Waals surface area contributed by atoms with Gasteiger partial charge in [-0.1, -0.05) is 33.1 Å². The molecule has 1 aromatic rings. The van der Waals surface area contributed by atoms with Gasteiger partial charge in [0.1, 0.15) is 11.9 Å². The summed E-state index contributed by atoms with van der Waals surface area (Å²) in [5.41, 5.74) is 3.77. The number of thiazole rings is 1. The van der Waals surface area contributed by atoms with Crippen LogP contribution >= 0.6 is 11.3 Å². The van der Waals surface area contributed by atoms with Crippen molar-refractivity contribution in [3.63, 3.8) is 0 Å². The van der Waals surface area contributed by atoms with Crippen molar-refractivity contribution in [2.45, 2.75) is 52.1 Å². The number of carbonyl (C=O) groups is 1. The van der Waals surface area contributed by atoms with Crippen LogP contribution in [0.1, 0.15) is 50.2 Å². The molecule has 0 aliphatic carbocycles. The zero-order valence-corrected chi connectivity index (χ0v) is 18.3. The maximum Gasteiger partial charge on any atom is 0.326 e. The molecule has 28 heavy (non-hydrogen) atoms. The first-order valence-electron chi connectivity index (χ1n) is 9.72. The Morgan fingerprint density at radius 1 is 1.43 bits per heavy atom. The molecule has 7 nitrogen and oxygen atoms in total. The summed E-state index contributed by atoms with van der Waals surface area (Å²) in [7, 11) is 1.87. The van der Waals surface area contributed by atoms with E-state index >= 15 is 0 Å². The Morgan fingerprint density at radius 3 is 2.75 bits per heavy atom. The Morgan fingerprint density at radius 2 is 2.18 bits per heavy atom. The Hall–Kier alpha value is -1.86. The number of aromatic nitrogens is 1. The van der Waals surface area contributed by atoms with Crippen LogP contribution in [0.3, 0.4) is 0 Å². The number of nitrogens with zero attached hydrogens (tertiary/aromatic N) is 2. The normalized spacial score (nSPS) is 11.9. The van der Waals surface area contributed by atoms with Crippen LogP contribution in [0.25, 0.3) is 0 Å². The number of carboxylic acids is 1. The molecule has 8 heteroatoms. The van der Waals surface area contributed by atoms with E-state index in [0.29, 0.717) is 44.4 Å². The molecule has 0 bridgehead atoms. The van der Waals surface area contributed by atoms with E-state index in [4.69, 9.17) is 4.74 Å². The lowest BCUT2D eigenvalue weighted by atomic mass is 10.2. The molecule has 1 rings (SSSR count). The highest BCUT2D eigenvalue weighted by Gasteiger charge is 2.19. The summed E-state index contributed by atoms with van der Waals surface area (Å²) in [5, 5.41) is 18.9. The van der Waals surface area contributed by atoms with Crippen LogP contribution in [0, 0.1) is 0 Å². The van der Waals surface area contributed by atoms with Crippen LogP contribution in [-0.2, 0) is 16.1 Å². The minimum atomic E-state index is -0.902. The maximum atomic E-state index is 11.6. The molecule has 0 unspecified atom stereocenters. The first-order chi connectivity index (χ1) is 13.4. The summed E-state index contributed by atoms with van der Waals surface area (Å²) in [6.07, 6.45) is 1.44. The van der Waals surface area contributed by atoms with E-state index in [1.165, 1.54) is 0 Å². The topological polar surface area (TPSA) is 86.7 Å². The van der Waals surface area contributed by atoms with Crippen LogP contribution < -0.4 is 10.6 Å². The number of aliphatic carboxylic acids is 1. The van der Waals surface area contributed by atoms with Crippen LogP contribution in [0.2, 0.25) is 0 Å². The van der Waals surface area contributed by atoms with Crippen molar-refractivity contribution in [1.29, 1.82) is 0 Å². The monoisotopic (exact) mass is 410 g/mol. The van der Waals surface area contributed by atoms with Gasteiger partial charge in [-0.25, -0.2) is 9.78 Å². The zero-order valence-electron chi connectivity index (χ0n) is 17.5. The highest BCUT2D eigenvalue weighted by molar-refractivity contribution is 7.09. The molecule has 0 fully saturated rings. The molecule has 3 N–H and O–H groups in total. The molecular weight excluding hydrogens is 376 g/mol. The average molecular weight is 411 g/mol. The molecule has 0 spiro atoms. The van der Waals surface area contributed by atoms with Crippen LogP contribution in [0.15, 0.2) is 23.5 Å². The fourth-order valence-corrected chi connectivity index (χ4v) is 3.29. The van der Waals surface area contributed by atoms with Crippen LogP contribution in [0.5, 0.6) is 0 Å². The number of nitrogens with one attached hydrogen (secondary N) is 2. The average Bonchev–Trinajstić information content (AvgIpc) is 3.11. The van der Waals surface area contributed by atoms with Gasteiger partial charge >= 0.3 is 5.97 Å². The van der Waals surface area contributed by atoms with E-state index in [1.807, 2.05) is 17.3 Å². The van der Waals surface area contributed by atoms with Gasteiger partial charge in [0, 0.05) is 31.5 Å². The number of rotatable bonds is 15. The van der Waals surface area contributed by atoms with Crippen LogP contribution in [-0.4, -0.2) is 60.4 Å². The van der Waals surface area contributed by atoms with Crippen molar-refractivity contribution in [3.05, 3.63) is 34.2 Å². The number of carboxylic acid groups (broad SMARTS) is 1. The van der Waals surface area contributed by atoms with E-state index in [2.05, 4.69) is 48.7 Å². The molecule has 1 heterocycles. The summed E-state index contributed by atoms with van der Waals surface area (Å²) in [4.78, 5) is 18.1. The molecule has 158 valence electrons. The second-order valence-electron chi connectivity index (χ2n) is 6.90. The molecule has 0 amide bonds. The molecule has 1 atom stereocenters. The Labute approximate surface area is 172 Å². The fraction of sp³-hybridized carbons (Fsp3) is 0.650. The van der Waals surface area contributed by atoms with Gasteiger partial charge in [0.2, 0.25) is 0 Å². The van der Waals surface area contributed by atoms with Gasteiger partial charge in [0.25, 0.3) is 0 Å².